The molecule has 0 radical (unpaired) electrons. The summed E-state index contributed by atoms with van der Waals surface area (Å²) in [6, 6.07) is 6.53. The molecule has 1 aromatic carbocycles. The Morgan fingerprint density at radius 3 is 2.72 bits per heavy atom. The van der Waals surface area contributed by atoms with Crippen molar-refractivity contribution in [2.45, 2.75) is 32.1 Å². The second kappa shape index (κ2) is 2.98. The van der Waals surface area contributed by atoms with Crippen LogP contribution in [0.1, 0.15) is 36.6 Å². The number of H-pyrrole nitrogens is 1. The molecule has 1 N–H and O–H groups in total. The third-order valence-corrected chi connectivity index (χ3v) is 5.71. The van der Waals surface area contributed by atoms with Gasteiger partial charge >= 0.3 is 0 Å². The Kier molecular flexibility index (Phi) is 1.59. The summed E-state index contributed by atoms with van der Waals surface area (Å²) in [6.45, 7) is 2.14. The number of aryl methyl sites for hydroxylation is 1. The van der Waals surface area contributed by atoms with Crippen LogP contribution in [0.2, 0.25) is 0 Å². The van der Waals surface area contributed by atoms with Crippen LogP contribution in [0.4, 0.5) is 0 Å². The number of fused-ring (bicyclic) bond motifs is 6. The highest BCUT2D eigenvalue weighted by Crippen LogP contribution is 2.72. The maximum atomic E-state index is 4.84. The predicted molar refractivity (Wildman–Crippen MR) is 71.4 cm³/mol. The number of nitrogens with one attached hydrogen (secondary N) is 1. The van der Waals surface area contributed by atoms with Gasteiger partial charge in [0.25, 0.3) is 0 Å². The molecular weight excluding hydrogens is 220 g/mol. The molecule has 4 unspecified atom stereocenters. The van der Waals surface area contributed by atoms with Crippen molar-refractivity contribution in [2.75, 3.05) is 0 Å². The lowest BCUT2D eigenvalue weighted by Crippen LogP contribution is -1.98. The van der Waals surface area contributed by atoms with Gasteiger partial charge in [-0.1, -0.05) is 6.07 Å². The topological polar surface area (TPSA) is 28.7 Å². The zero-order valence-electron chi connectivity index (χ0n) is 10.7. The van der Waals surface area contributed by atoms with Crippen LogP contribution in [0.25, 0.3) is 11.0 Å². The molecule has 1 heterocycles. The summed E-state index contributed by atoms with van der Waals surface area (Å²) in [6.07, 6.45) is 4.49. The van der Waals surface area contributed by atoms with Crippen molar-refractivity contribution in [3.05, 3.63) is 29.6 Å². The Hall–Kier alpha value is -1.31. The standard InChI is InChI=1S/C16H18N2/c1-8-2-5-11-12(6-8)18-16(17-11)15-13-9-3-4-10(7-9)14(13)15/h2,5-6,9-10,13-15H,3-4,7H2,1H3,(H,17,18). The molecule has 0 spiro atoms. The summed E-state index contributed by atoms with van der Waals surface area (Å²) in [4.78, 5) is 8.42. The smallest absolute Gasteiger partial charge is 0.110 e. The highest BCUT2D eigenvalue weighted by Gasteiger charge is 2.66. The number of rotatable bonds is 1. The number of imidazole rings is 1. The van der Waals surface area contributed by atoms with E-state index in [-0.39, 0.29) is 0 Å². The van der Waals surface area contributed by atoms with E-state index in [4.69, 9.17) is 4.98 Å². The lowest BCUT2D eigenvalue weighted by molar-refractivity contribution is 0.456. The van der Waals surface area contributed by atoms with Crippen LogP contribution in [0, 0.1) is 30.6 Å². The number of aromatic amines is 1. The van der Waals surface area contributed by atoms with E-state index in [0.717, 1.165) is 35.1 Å². The minimum Gasteiger partial charge on any atom is -0.342 e. The van der Waals surface area contributed by atoms with E-state index >= 15 is 0 Å². The third kappa shape index (κ3) is 1.07. The summed E-state index contributed by atoms with van der Waals surface area (Å²) in [5.41, 5.74) is 3.68. The Labute approximate surface area is 107 Å². The molecule has 5 rings (SSSR count). The molecule has 4 atom stereocenters. The summed E-state index contributed by atoms with van der Waals surface area (Å²) in [7, 11) is 0. The minimum atomic E-state index is 0.768. The summed E-state index contributed by atoms with van der Waals surface area (Å²) in [5.74, 6) is 6.06. The molecule has 2 nitrogen and oxygen atoms in total. The van der Waals surface area contributed by atoms with Crippen molar-refractivity contribution in [2.24, 2.45) is 23.7 Å². The fourth-order valence-electron chi connectivity index (χ4n) is 4.99. The van der Waals surface area contributed by atoms with Crippen molar-refractivity contribution in [3.8, 4) is 0 Å². The Morgan fingerprint density at radius 2 is 1.94 bits per heavy atom. The average molecular weight is 238 g/mol. The van der Waals surface area contributed by atoms with Crippen molar-refractivity contribution in [1.29, 1.82) is 0 Å². The monoisotopic (exact) mass is 238 g/mol. The Bertz CT molecular complexity index is 626. The van der Waals surface area contributed by atoms with Gasteiger partial charge in [0.05, 0.1) is 11.0 Å². The van der Waals surface area contributed by atoms with Crippen LogP contribution < -0.4 is 0 Å². The van der Waals surface area contributed by atoms with Gasteiger partial charge in [-0.25, -0.2) is 4.98 Å². The van der Waals surface area contributed by atoms with E-state index in [1.165, 1.54) is 36.2 Å². The normalized spacial score (nSPS) is 40.4. The molecule has 3 saturated carbocycles. The summed E-state index contributed by atoms with van der Waals surface area (Å²) < 4.78 is 0. The molecular formula is C16H18N2. The van der Waals surface area contributed by atoms with Gasteiger partial charge in [-0.15, -0.1) is 0 Å². The predicted octanol–water partition coefficient (Wildman–Crippen LogP) is 3.63. The largest absolute Gasteiger partial charge is 0.342 e. The second-order valence-corrected chi connectivity index (χ2v) is 6.66. The molecule has 2 aromatic rings. The Balaban J connectivity index is 1.56. The van der Waals surface area contributed by atoms with Crippen LogP contribution in [0.3, 0.4) is 0 Å². The number of benzene rings is 1. The first-order valence-corrected chi connectivity index (χ1v) is 7.27. The van der Waals surface area contributed by atoms with Crippen molar-refractivity contribution < 1.29 is 0 Å². The van der Waals surface area contributed by atoms with Gasteiger partial charge in [0.15, 0.2) is 0 Å². The first kappa shape index (κ1) is 9.60. The zero-order valence-corrected chi connectivity index (χ0v) is 10.7. The van der Waals surface area contributed by atoms with E-state index in [1.807, 2.05) is 0 Å². The van der Waals surface area contributed by atoms with E-state index in [2.05, 4.69) is 30.1 Å². The average Bonchev–Trinajstić information content (AvgIpc) is 2.75. The van der Waals surface area contributed by atoms with Crippen molar-refractivity contribution >= 4 is 11.0 Å². The SMILES string of the molecule is Cc1ccc2nc(C3C4C5CCC(C5)C34)[nH]c2c1. The fraction of sp³-hybridized carbons (Fsp3) is 0.562. The van der Waals surface area contributed by atoms with E-state index in [0.29, 0.717) is 0 Å². The summed E-state index contributed by atoms with van der Waals surface area (Å²) >= 11 is 0. The quantitative estimate of drug-likeness (QED) is 0.807. The van der Waals surface area contributed by atoms with Gasteiger partial charge in [-0.3, -0.25) is 0 Å². The maximum Gasteiger partial charge on any atom is 0.110 e. The molecule has 3 aliphatic carbocycles. The fourth-order valence-corrected chi connectivity index (χ4v) is 4.99. The van der Waals surface area contributed by atoms with Crippen LogP contribution in [-0.4, -0.2) is 9.97 Å². The van der Waals surface area contributed by atoms with Gasteiger partial charge in [-0.2, -0.15) is 0 Å². The van der Waals surface area contributed by atoms with Crippen LogP contribution in [0.15, 0.2) is 18.2 Å². The number of hydrogen-bond donors (Lipinski definition) is 1. The van der Waals surface area contributed by atoms with Crippen LogP contribution in [0.5, 0.6) is 0 Å². The maximum absolute atomic E-state index is 4.84. The lowest BCUT2D eigenvalue weighted by Gasteiger charge is -2.05. The van der Waals surface area contributed by atoms with E-state index in [9.17, 15) is 0 Å². The first-order valence-electron chi connectivity index (χ1n) is 7.27. The molecule has 3 fully saturated rings. The van der Waals surface area contributed by atoms with Gasteiger partial charge in [0.1, 0.15) is 5.82 Å². The molecule has 2 bridgehead atoms. The molecule has 0 saturated heterocycles. The second-order valence-electron chi connectivity index (χ2n) is 6.66. The Morgan fingerprint density at radius 1 is 1.17 bits per heavy atom. The van der Waals surface area contributed by atoms with Crippen molar-refractivity contribution in [3.63, 3.8) is 0 Å². The molecule has 3 aliphatic rings. The molecule has 0 amide bonds. The van der Waals surface area contributed by atoms with Crippen LogP contribution >= 0.6 is 0 Å². The molecule has 0 aliphatic heterocycles. The summed E-state index contributed by atoms with van der Waals surface area (Å²) in [5, 5.41) is 0. The highest BCUT2D eigenvalue weighted by atomic mass is 15.0. The lowest BCUT2D eigenvalue weighted by atomic mass is 10.0. The van der Waals surface area contributed by atoms with Gasteiger partial charge in [-0.05, 0) is 67.6 Å². The van der Waals surface area contributed by atoms with E-state index in [1.54, 1.807) is 0 Å². The molecule has 92 valence electrons. The molecule has 2 heteroatoms. The van der Waals surface area contributed by atoms with Gasteiger partial charge < -0.3 is 4.98 Å². The van der Waals surface area contributed by atoms with Gasteiger partial charge in [0, 0.05) is 5.92 Å². The van der Waals surface area contributed by atoms with Crippen LogP contribution in [-0.2, 0) is 0 Å². The molecule has 18 heavy (non-hydrogen) atoms. The van der Waals surface area contributed by atoms with E-state index < -0.39 is 0 Å². The minimum absolute atomic E-state index is 0.768. The first-order chi connectivity index (χ1) is 8.81. The molecule has 1 aromatic heterocycles. The highest BCUT2D eigenvalue weighted by molar-refractivity contribution is 5.76. The number of nitrogens with zero attached hydrogens (tertiary/aromatic N) is 1. The number of hydrogen-bond acceptors (Lipinski definition) is 1. The third-order valence-electron chi connectivity index (χ3n) is 5.71. The van der Waals surface area contributed by atoms with Crippen molar-refractivity contribution in [1.82, 2.24) is 9.97 Å². The van der Waals surface area contributed by atoms with Gasteiger partial charge in [0.2, 0.25) is 0 Å². The number of aromatic nitrogens is 2. The zero-order chi connectivity index (χ0) is 11.9.